The molecule has 1 aliphatic carbocycles. The molecular formula is C24H33FN4O. The molecule has 1 amide bonds. The summed E-state index contributed by atoms with van der Waals surface area (Å²) in [6.45, 7) is 7.68. The van der Waals surface area contributed by atoms with Crippen LogP contribution in [0, 0.1) is 11.7 Å². The minimum absolute atomic E-state index is 0.0185. The van der Waals surface area contributed by atoms with E-state index in [4.69, 9.17) is 0 Å². The fraction of sp³-hybridized carbons (Fsp3) is 0.500. The SMILES string of the molecule is CCN(c1ccc(CN(C(=O)C(CC(C)C)NC)c2ccc(F)cc2)cn1)C1CC1. The number of nitrogens with one attached hydrogen (secondary N) is 1. The van der Waals surface area contributed by atoms with Crippen molar-refractivity contribution in [3.8, 4) is 0 Å². The van der Waals surface area contributed by atoms with Gasteiger partial charge in [-0.05, 0) is 75.0 Å². The fourth-order valence-electron chi connectivity index (χ4n) is 3.78. The smallest absolute Gasteiger partial charge is 0.244 e. The number of aromatic nitrogens is 1. The van der Waals surface area contributed by atoms with E-state index in [1.54, 1.807) is 24.1 Å². The van der Waals surface area contributed by atoms with E-state index in [-0.39, 0.29) is 17.8 Å². The second-order valence-electron chi connectivity index (χ2n) is 8.41. The molecule has 5 nitrogen and oxygen atoms in total. The minimum Gasteiger partial charge on any atom is -0.354 e. The number of benzene rings is 1. The molecule has 1 atom stereocenters. The Kier molecular flexibility index (Phi) is 7.43. The van der Waals surface area contributed by atoms with Crippen molar-refractivity contribution in [3.05, 3.63) is 54.0 Å². The van der Waals surface area contributed by atoms with Crippen LogP contribution in [0.15, 0.2) is 42.6 Å². The van der Waals surface area contributed by atoms with Gasteiger partial charge in [0.15, 0.2) is 0 Å². The lowest BCUT2D eigenvalue weighted by atomic mass is 10.0. The van der Waals surface area contributed by atoms with Crippen molar-refractivity contribution in [2.24, 2.45) is 5.92 Å². The van der Waals surface area contributed by atoms with Crippen LogP contribution in [0.25, 0.3) is 0 Å². The third-order valence-electron chi connectivity index (χ3n) is 5.53. The van der Waals surface area contributed by atoms with E-state index in [1.807, 2.05) is 18.3 Å². The molecule has 1 aromatic heterocycles. The number of pyridine rings is 1. The lowest BCUT2D eigenvalue weighted by Gasteiger charge is -2.28. The first-order chi connectivity index (χ1) is 14.4. The highest BCUT2D eigenvalue weighted by Gasteiger charge is 2.29. The van der Waals surface area contributed by atoms with Crippen molar-refractivity contribution in [1.82, 2.24) is 10.3 Å². The van der Waals surface area contributed by atoms with Crippen molar-refractivity contribution in [1.29, 1.82) is 0 Å². The Hall–Kier alpha value is -2.47. The normalized spacial score (nSPS) is 14.6. The number of halogens is 1. The summed E-state index contributed by atoms with van der Waals surface area (Å²) in [5.74, 6) is 1.03. The van der Waals surface area contributed by atoms with E-state index in [0.717, 1.165) is 24.3 Å². The van der Waals surface area contributed by atoms with Crippen LogP contribution in [-0.4, -0.2) is 36.6 Å². The van der Waals surface area contributed by atoms with Crippen molar-refractivity contribution in [2.45, 2.75) is 58.7 Å². The molecule has 0 saturated heterocycles. The first-order valence-electron chi connectivity index (χ1n) is 10.9. The summed E-state index contributed by atoms with van der Waals surface area (Å²) in [5.41, 5.74) is 1.63. The summed E-state index contributed by atoms with van der Waals surface area (Å²) in [6.07, 6.45) is 5.04. The Labute approximate surface area is 179 Å². The summed E-state index contributed by atoms with van der Waals surface area (Å²) < 4.78 is 13.5. The van der Waals surface area contributed by atoms with E-state index >= 15 is 0 Å². The fourth-order valence-corrected chi connectivity index (χ4v) is 3.78. The highest BCUT2D eigenvalue weighted by atomic mass is 19.1. The van der Waals surface area contributed by atoms with Gasteiger partial charge in [0.2, 0.25) is 5.91 Å². The van der Waals surface area contributed by atoms with E-state index in [1.165, 1.54) is 25.0 Å². The number of likely N-dealkylation sites (N-methyl/N-ethyl adjacent to an activating group) is 1. The molecule has 162 valence electrons. The van der Waals surface area contributed by atoms with Gasteiger partial charge in [-0.25, -0.2) is 9.37 Å². The van der Waals surface area contributed by atoms with Gasteiger partial charge >= 0.3 is 0 Å². The summed E-state index contributed by atoms with van der Waals surface area (Å²) in [6, 6.07) is 10.5. The molecule has 1 N–H and O–H groups in total. The van der Waals surface area contributed by atoms with Crippen molar-refractivity contribution >= 4 is 17.4 Å². The number of nitrogens with zero attached hydrogens (tertiary/aromatic N) is 3. The van der Waals surface area contributed by atoms with Gasteiger partial charge in [0, 0.05) is 24.5 Å². The molecule has 1 aliphatic rings. The number of anilines is 2. The molecule has 1 saturated carbocycles. The zero-order chi connectivity index (χ0) is 21.7. The maximum absolute atomic E-state index is 13.5. The van der Waals surface area contributed by atoms with Crippen molar-refractivity contribution in [2.75, 3.05) is 23.4 Å². The first kappa shape index (κ1) is 22.2. The third-order valence-corrected chi connectivity index (χ3v) is 5.53. The molecule has 0 bridgehead atoms. The summed E-state index contributed by atoms with van der Waals surface area (Å²) in [4.78, 5) is 22.1. The summed E-state index contributed by atoms with van der Waals surface area (Å²) >= 11 is 0. The lowest BCUT2D eigenvalue weighted by molar-refractivity contribution is -0.121. The predicted molar refractivity (Wildman–Crippen MR) is 120 cm³/mol. The monoisotopic (exact) mass is 412 g/mol. The van der Waals surface area contributed by atoms with Gasteiger partial charge in [0.25, 0.3) is 0 Å². The quantitative estimate of drug-likeness (QED) is 0.629. The molecule has 2 aromatic rings. The Morgan fingerprint density at radius 2 is 1.90 bits per heavy atom. The van der Waals surface area contributed by atoms with E-state index in [2.05, 4.69) is 36.0 Å². The van der Waals surface area contributed by atoms with Crippen LogP contribution in [0.1, 0.15) is 45.6 Å². The van der Waals surface area contributed by atoms with Gasteiger partial charge in [-0.2, -0.15) is 0 Å². The molecule has 30 heavy (non-hydrogen) atoms. The Morgan fingerprint density at radius 3 is 2.40 bits per heavy atom. The van der Waals surface area contributed by atoms with Gasteiger partial charge in [0.1, 0.15) is 11.6 Å². The highest BCUT2D eigenvalue weighted by molar-refractivity contribution is 5.97. The Balaban J connectivity index is 1.83. The minimum atomic E-state index is -0.316. The Morgan fingerprint density at radius 1 is 1.20 bits per heavy atom. The van der Waals surface area contributed by atoms with Crippen LogP contribution in [0.5, 0.6) is 0 Å². The van der Waals surface area contributed by atoms with Crippen LogP contribution in [0.2, 0.25) is 0 Å². The average molecular weight is 413 g/mol. The van der Waals surface area contributed by atoms with Crippen LogP contribution >= 0.6 is 0 Å². The predicted octanol–water partition coefficient (Wildman–Crippen LogP) is 4.38. The largest absolute Gasteiger partial charge is 0.354 e. The van der Waals surface area contributed by atoms with Gasteiger partial charge in [-0.3, -0.25) is 4.79 Å². The van der Waals surface area contributed by atoms with Crippen molar-refractivity contribution in [3.63, 3.8) is 0 Å². The van der Waals surface area contributed by atoms with Crippen LogP contribution < -0.4 is 15.1 Å². The molecule has 3 rings (SSSR count). The lowest BCUT2D eigenvalue weighted by Crippen LogP contribution is -2.46. The molecule has 1 aromatic carbocycles. The maximum Gasteiger partial charge on any atom is 0.244 e. The van der Waals surface area contributed by atoms with Gasteiger partial charge in [-0.15, -0.1) is 0 Å². The second-order valence-corrected chi connectivity index (χ2v) is 8.41. The molecule has 0 aliphatic heterocycles. The second kappa shape index (κ2) is 10.0. The van der Waals surface area contributed by atoms with E-state index in [9.17, 15) is 9.18 Å². The van der Waals surface area contributed by atoms with Crippen molar-refractivity contribution < 1.29 is 9.18 Å². The molecule has 6 heteroatoms. The Bertz CT molecular complexity index is 818. The molecule has 0 radical (unpaired) electrons. The van der Waals surface area contributed by atoms with E-state index < -0.39 is 0 Å². The van der Waals surface area contributed by atoms with Gasteiger partial charge in [-0.1, -0.05) is 19.9 Å². The van der Waals surface area contributed by atoms with Crippen LogP contribution in [0.3, 0.4) is 0 Å². The zero-order valence-electron chi connectivity index (χ0n) is 18.4. The standard InChI is InChI=1S/C24H33FN4O/c1-5-28(20-11-12-20)23-13-6-18(15-27-23)16-29(21-9-7-19(25)8-10-21)24(30)22(26-4)14-17(2)3/h6-10,13,15,17,20,22,26H,5,11-12,14,16H2,1-4H3. The number of hydrogen-bond donors (Lipinski definition) is 1. The molecule has 1 unspecified atom stereocenters. The average Bonchev–Trinajstić information content (AvgIpc) is 3.57. The third kappa shape index (κ3) is 5.57. The molecular weight excluding hydrogens is 379 g/mol. The first-order valence-corrected chi connectivity index (χ1v) is 10.9. The van der Waals surface area contributed by atoms with Crippen LogP contribution in [-0.2, 0) is 11.3 Å². The van der Waals surface area contributed by atoms with Gasteiger partial charge in [0.05, 0.1) is 12.6 Å². The number of rotatable bonds is 10. The highest BCUT2D eigenvalue weighted by Crippen LogP contribution is 2.30. The number of carbonyl (C=O) groups excluding carboxylic acids is 1. The summed E-state index contributed by atoms with van der Waals surface area (Å²) in [5, 5.41) is 3.14. The molecule has 0 spiro atoms. The topological polar surface area (TPSA) is 48.5 Å². The number of amides is 1. The van der Waals surface area contributed by atoms with E-state index in [0.29, 0.717) is 24.2 Å². The number of carbonyl (C=O) groups is 1. The molecule has 1 heterocycles. The number of hydrogen-bond acceptors (Lipinski definition) is 4. The molecule has 1 fully saturated rings. The zero-order valence-corrected chi connectivity index (χ0v) is 18.4. The van der Waals surface area contributed by atoms with Gasteiger partial charge < -0.3 is 15.1 Å². The summed E-state index contributed by atoms with van der Waals surface area (Å²) in [7, 11) is 1.81. The van der Waals surface area contributed by atoms with Crippen LogP contribution in [0.4, 0.5) is 15.9 Å². The maximum atomic E-state index is 13.5.